The Morgan fingerprint density at radius 2 is 1.81 bits per heavy atom. The Bertz CT molecular complexity index is 543. The minimum absolute atomic E-state index is 0.00115. The number of carbonyl (C=O) groups is 1. The molecule has 0 atom stereocenters. The molecule has 1 saturated heterocycles. The third-order valence-corrected chi connectivity index (χ3v) is 3.99. The van der Waals surface area contributed by atoms with Gasteiger partial charge in [-0.1, -0.05) is 6.07 Å². The molecule has 0 saturated carbocycles. The van der Waals surface area contributed by atoms with Crippen molar-refractivity contribution in [1.29, 1.82) is 0 Å². The second-order valence-electron chi connectivity index (χ2n) is 6.35. The van der Waals surface area contributed by atoms with Gasteiger partial charge >= 0.3 is 0 Å². The van der Waals surface area contributed by atoms with Crippen LogP contribution in [0.1, 0.15) is 26.3 Å². The molecule has 1 N–H and O–H groups in total. The molecule has 1 aromatic rings. The third kappa shape index (κ3) is 2.83. The first-order chi connectivity index (χ1) is 9.71. The van der Waals surface area contributed by atoms with E-state index in [2.05, 4.69) is 0 Å². The van der Waals surface area contributed by atoms with E-state index < -0.39 is 11.0 Å². The van der Waals surface area contributed by atoms with Gasteiger partial charge in [-0.2, -0.15) is 0 Å². The molecule has 1 amide bonds. The highest BCUT2D eigenvalue weighted by atomic mass is 16.5. The summed E-state index contributed by atoms with van der Waals surface area (Å²) in [6.07, 6.45) is 0. The van der Waals surface area contributed by atoms with Gasteiger partial charge in [0.05, 0.1) is 38.3 Å². The molecule has 1 aromatic carbocycles. The second kappa shape index (κ2) is 5.22. The maximum atomic E-state index is 12.6. The fraction of sp³-hybridized carbons (Fsp3) is 0.562. The van der Waals surface area contributed by atoms with Crippen LogP contribution in [-0.4, -0.2) is 48.8 Å². The third-order valence-electron chi connectivity index (χ3n) is 3.99. The van der Waals surface area contributed by atoms with Gasteiger partial charge in [0.1, 0.15) is 0 Å². The molecular formula is C16H23NO4. The average Bonchev–Trinajstić information content (AvgIpc) is 2.42. The fourth-order valence-electron chi connectivity index (χ4n) is 2.66. The SMILES string of the molecule is COc1ccc(C(C)(C)C(=O)N2CC(C)(O)C2)cc1OC. The number of methoxy groups -OCH3 is 2. The van der Waals surface area contributed by atoms with Crippen molar-refractivity contribution in [3.63, 3.8) is 0 Å². The summed E-state index contributed by atoms with van der Waals surface area (Å²) in [5.74, 6) is 1.24. The summed E-state index contributed by atoms with van der Waals surface area (Å²) in [5, 5.41) is 9.79. The summed E-state index contributed by atoms with van der Waals surface area (Å²) >= 11 is 0. The number of hydrogen-bond donors (Lipinski definition) is 1. The van der Waals surface area contributed by atoms with E-state index in [0.29, 0.717) is 24.6 Å². The van der Waals surface area contributed by atoms with E-state index in [-0.39, 0.29) is 5.91 Å². The molecule has 0 spiro atoms. The smallest absolute Gasteiger partial charge is 0.232 e. The minimum atomic E-state index is -0.761. The Balaban J connectivity index is 2.25. The first-order valence-corrected chi connectivity index (χ1v) is 6.95. The van der Waals surface area contributed by atoms with E-state index in [0.717, 1.165) is 5.56 Å². The normalized spacial score (nSPS) is 17.1. The molecule has 21 heavy (non-hydrogen) atoms. The van der Waals surface area contributed by atoms with E-state index in [4.69, 9.17) is 9.47 Å². The predicted octanol–water partition coefficient (Wildman–Crippen LogP) is 1.57. The van der Waals surface area contributed by atoms with Crippen LogP contribution in [0.25, 0.3) is 0 Å². The van der Waals surface area contributed by atoms with Gasteiger partial charge < -0.3 is 19.5 Å². The first kappa shape index (κ1) is 15.6. The number of rotatable bonds is 4. The van der Waals surface area contributed by atoms with Crippen LogP contribution >= 0.6 is 0 Å². The standard InChI is InChI=1S/C16H23NO4/c1-15(2,14(18)17-9-16(3,19)10-17)11-6-7-12(20-4)13(8-11)21-5/h6-8,19H,9-10H2,1-5H3. The Morgan fingerprint density at radius 1 is 1.24 bits per heavy atom. The average molecular weight is 293 g/mol. The van der Waals surface area contributed by atoms with Gasteiger partial charge in [0.15, 0.2) is 11.5 Å². The van der Waals surface area contributed by atoms with Crippen molar-refractivity contribution in [1.82, 2.24) is 4.90 Å². The van der Waals surface area contributed by atoms with Crippen LogP contribution in [0.3, 0.4) is 0 Å². The van der Waals surface area contributed by atoms with Crippen LogP contribution < -0.4 is 9.47 Å². The highest BCUT2D eigenvalue weighted by molar-refractivity contribution is 5.88. The zero-order chi connectivity index (χ0) is 15.8. The molecule has 1 aliphatic heterocycles. The molecular weight excluding hydrogens is 270 g/mol. The summed E-state index contributed by atoms with van der Waals surface area (Å²) in [6.45, 7) is 6.25. The van der Waals surface area contributed by atoms with Crippen molar-refractivity contribution in [2.45, 2.75) is 31.8 Å². The lowest BCUT2D eigenvalue weighted by Crippen LogP contribution is -2.64. The van der Waals surface area contributed by atoms with Crippen molar-refractivity contribution < 1.29 is 19.4 Å². The number of β-amino-alcohol motifs (C(OH)–C–C–N with tert-alkyl or cyclic N) is 1. The maximum Gasteiger partial charge on any atom is 0.232 e. The lowest BCUT2D eigenvalue weighted by molar-refractivity contribution is -0.157. The molecule has 1 fully saturated rings. The van der Waals surface area contributed by atoms with Crippen LogP contribution in [0.2, 0.25) is 0 Å². The van der Waals surface area contributed by atoms with Gasteiger partial charge in [-0.15, -0.1) is 0 Å². The fourth-order valence-corrected chi connectivity index (χ4v) is 2.66. The molecule has 5 heteroatoms. The van der Waals surface area contributed by atoms with Crippen molar-refractivity contribution in [3.05, 3.63) is 23.8 Å². The summed E-state index contributed by atoms with van der Waals surface area (Å²) in [6, 6.07) is 5.50. The van der Waals surface area contributed by atoms with E-state index in [1.54, 1.807) is 32.1 Å². The van der Waals surface area contributed by atoms with E-state index in [1.165, 1.54) is 0 Å². The molecule has 5 nitrogen and oxygen atoms in total. The van der Waals surface area contributed by atoms with E-state index >= 15 is 0 Å². The largest absolute Gasteiger partial charge is 0.493 e. The molecule has 0 radical (unpaired) electrons. The monoisotopic (exact) mass is 293 g/mol. The van der Waals surface area contributed by atoms with Crippen LogP contribution in [0.4, 0.5) is 0 Å². The molecule has 2 rings (SSSR count). The lowest BCUT2D eigenvalue weighted by Gasteiger charge is -2.47. The molecule has 1 aliphatic rings. The number of aliphatic hydroxyl groups is 1. The Hall–Kier alpha value is -1.75. The highest BCUT2D eigenvalue weighted by Gasteiger charge is 2.44. The zero-order valence-corrected chi connectivity index (χ0v) is 13.3. The summed E-state index contributed by atoms with van der Waals surface area (Å²) in [4.78, 5) is 14.3. The van der Waals surface area contributed by atoms with Crippen molar-refractivity contribution >= 4 is 5.91 Å². The molecule has 0 bridgehead atoms. The number of ether oxygens (including phenoxy) is 2. The maximum absolute atomic E-state index is 12.6. The summed E-state index contributed by atoms with van der Waals surface area (Å²) in [5.41, 5.74) is -0.587. The summed E-state index contributed by atoms with van der Waals surface area (Å²) in [7, 11) is 3.15. The van der Waals surface area contributed by atoms with Crippen LogP contribution in [0.15, 0.2) is 18.2 Å². The predicted molar refractivity (Wildman–Crippen MR) is 79.8 cm³/mol. The molecule has 1 heterocycles. The summed E-state index contributed by atoms with van der Waals surface area (Å²) < 4.78 is 10.5. The Kier molecular flexibility index (Phi) is 3.89. The molecule has 116 valence electrons. The van der Waals surface area contributed by atoms with Crippen LogP contribution in [0, 0.1) is 0 Å². The number of nitrogens with zero attached hydrogens (tertiary/aromatic N) is 1. The molecule has 0 unspecified atom stereocenters. The van der Waals surface area contributed by atoms with Crippen molar-refractivity contribution in [2.75, 3.05) is 27.3 Å². The quantitative estimate of drug-likeness (QED) is 0.915. The van der Waals surface area contributed by atoms with Gasteiger partial charge in [0, 0.05) is 0 Å². The van der Waals surface area contributed by atoms with E-state index in [1.807, 2.05) is 26.0 Å². The van der Waals surface area contributed by atoms with Gasteiger partial charge in [-0.05, 0) is 38.5 Å². The molecule has 0 aromatic heterocycles. The van der Waals surface area contributed by atoms with Gasteiger partial charge in [-0.25, -0.2) is 0 Å². The number of benzene rings is 1. The lowest BCUT2D eigenvalue weighted by atomic mass is 9.81. The van der Waals surface area contributed by atoms with E-state index in [9.17, 15) is 9.90 Å². The Morgan fingerprint density at radius 3 is 2.29 bits per heavy atom. The number of amides is 1. The topological polar surface area (TPSA) is 59.0 Å². The Labute approximate surface area is 125 Å². The van der Waals surface area contributed by atoms with Crippen LogP contribution in [-0.2, 0) is 10.2 Å². The van der Waals surface area contributed by atoms with Gasteiger partial charge in [0.25, 0.3) is 0 Å². The van der Waals surface area contributed by atoms with Gasteiger partial charge in [-0.3, -0.25) is 4.79 Å². The number of carbonyl (C=O) groups excluding carboxylic acids is 1. The number of hydrogen-bond acceptors (Lipinski definition) is 4. The van der Waals surface area contributed by atoms with Crippen molar-refractivity contribution in [3.8, 4) is 11.5 Å². The molecule has 0 aliphatic carbocycles. The number of likely N-dealkylation sites (tertiary alicyclic amines) is 1. The first-order valence-electron chi connectivity index (χ1n) is 6.95. The van der Waals surface area contributed by atoms with Gasteiger partial charge in [0.2, 0.25) is 5.91 Å². The zero-order valence-electron chi connectivity index (χ0n) is 13.3. The minimum Gasteiger partial charge on any atom is -0.493 e. The van der Waals surface area contributed by atoms with Crippen LogP contribution in [0.5, 0.6) is 11.5 Å². The highest BCUT2D eigenvalue weighted by Crippen LogP contribution is 2.35. The second-order valence-corrected chi connectivity index (χ2v) is 6.35. The van der Waals surface area contributed by atoms with Crippen molar-refractivity contribution in [2.24, 2.45) is 0 Å².